The summed E-state index contributed by atoms with van der Waals surface area (Å²) in [5.74, 6) is -0.191. The Balaban J connectivity index is 1.35. The first-order chi connectivity index (χ1) is 18.4. The molecular weight excluding hydrogens is 423 g/mol. The van der Waals surface area contributed by atoms with Crippen molar-refractivity contribution < 1.29 is 26.8 Å². The number of aromatic nitrogens is 3. The lowest BCUT2D eigenvalue weighted by atomic mass is 10.2. The highest BCUT2D eigenvalue weighted by molar-refractivity contribution is 5.87. The van der Waals surface area contributed by atoms with Gasteiger partial charge in [0.15, 0.2) is 23.1 Å². The molecule has 1 saturated heterocycles. The van der Waals surface area contributed by atoms with E-state index in [1.54, 1.807) is 23.1 Å². The molecule has 2 aromatic carbocycles. The summed E-state index contributed by atoms with van der Waals surface area (Å²) in [5.41, 5.74) is 1.86. The van der Waals surface area contributed by atoms with Gasteiger partial charge < -0.3 is 24.1 Å². The maximum Gasteiger partial charge on any atom is 0.230 e. The van der Waals surface area contributed by atoms with Gasteiger partial charge in [-0.05, 0) is 63.4 Å². The predicted octanol–water partition coefficient (Wildman–Crippen LogP) is 5.22. The summed E-state index contributed by atoms with van der Waals surface area (Å²) < 4.78 is 78.7. The van der Waals surface area contributed by atoms with Gasteiger partial charge in [0.05, 0.1) is 27.3 Å². The third-order valence-corrected chi connectivity index (χ3v) is 5.44. The van der Waals surface area contributed by atoms with Crippen molar-refractivity contribution in [3.05, 3.63) is 48.2 Å². The molecule has 1 fully saturated rings. The van der Waals surface area contributed by atoms with Crippen LogP contribution in [0.1, 0.15) is 33.1 Å². The SMILES string of the molecule is [2H]C([2H])Oc1cc2c(Oc3ccc4[nH]c(C)cc4c3F)ncnc2cc1OCCCN1CC([2H])([2H])C([2H])([2H])C1. The number of rotatable bonds is 8. The normalized spacial score (nSPS) is 20.1. The number of benzene rings is 2. The molecule has 1 aliphatic rings. The first-order valence-corrected chi connectivity index (χ1v) is 10.5. The molecule has 0 bridgehead atoms. The van der Waals surface area contributed by atoms with E-state index in [-0.39, 0.29) is 42.8 Å². The van der Waals surface area contributed by atoms with Crippen LogP contribution in [0.2, 0.25) is 0 Å². The summed E-state index contributed by atoms with van der Waals surface area (Å²) in [4.78, 5) is 13.2. The number of aryl methyl sites for hydroxylation is 1. The van der Waals surface area contributed by atoms with Crippen molar-refractivity contribution in [3.63, 3.8) is 0 Å². The molecule has 7 nitrogen and oxygen atoms in total. The molecule has 0 radical (unpaired) electrons. The van der Waals surface area contributed by atoms with E-state index in [1.807, 2.05) is 6.92 Å². The highest BCUT2D eigenvalue weighted by atomic mass is 19.1. The highest BCUT2D eigenvalue weighted by Crippen LogP contribution is 2.37. The van der Waals surface area contributed by atoms with Crippen molar-refractivity contribution in [2.24, 2.45) is 0 Å². The Labute approximate surface area is 199 Å². The smallest absolute Gasteiger partial charge is 0.230 e. The molecule has 0 spiro atoms. The van der Waals surface area contributed by atoms with E-state index < -0.39 is 25.6 Å². The maximum absolute atomic E-state index is 15.1. The fourth-order valence-corrected chi connectivity index (χ4v) is 3.82. The van der Waals surface area contributed by atoms with Gasteiger partial charge in [-0.25, -0.2) is 14.4 Å². The average Bonchev–Trinajstić information content (AvgIpc) is 3.33. The van der Waals surface area contributed by atoms with Gasteiger partial charge in [-0.1, -0.05) is 0 Å². The molecule has 8 heteroatoms. The van der Waals surface area contributed by atoms with Gasteiger partial charge in [0.25, 0.3) is 0 Å². The number of fused-ring (bicyclic) bond motifs is 2. The van der Waals surface area contributed by atoms with Crippen LogP contribution in [0.15, 0.2) is 36.7 Å². The molecule has 1 N–H and O–H groups in total. The van der Waals surface area contributed by atoms with Crippen LogP contribution in [0.25, 0.3) is 21.8 Å². The number of methoxy groups -OCH3 is 1. The fourth-order valence-electron chi connectivity index (χ4n) is 3.82. The molecule has 0 amide bonds. The quantitative estimate of drug-likeness (QED) is 0.366. The second-order valence-corrected chi connectivity index (χ2v) is 7.77. The third-order valence-electron chi connectivity index (χ3n) is 5.44. The van der Waals surface area contributed by atoms with E-state index in [4.69, 9.17) is 22.4 Å². The Morgan fingerprint density at radius 3 is 2.85 bits per heavy atom. The number of nitrogens with one attached hydrogen (secondary N) is 1. The van der Waals surface area contributed by atoms with Crippen LogP contribution < -0.4 is 14.2 Å². The molecular formula is C25H27FN4O3. The van der Waals surface area contributed by atoms with Gasteiger partial charge >= 0.3 is 0 Å². The third kappa shape index (κ3) is 4.43. The number of ether oxygens (including phenoxy) is 3. The molecule has 1 aliphatic heterocycles. The number of aromatic amines is 1. The molecule has 4 aromatic rings. The maximum atomic E-state index is 15.1. The zero-order valence-electron chi connectivity index (χ0n) is 24.0. The first-order valence-electron chi connectivity index (χ1n) is 13.7. The molecule has 0 aliphatic carbocycles. The number of halogens is 1. The molecule has 33 heavy (non-hydrogen) atoms. The Bertz CT molecular complexity index is 1500. The number of hydrogen-bond donors (Lipinski definition) is 1. The minimum atomic E-state index is -1.92. The van der Waals surface area contributed by atoms with E-state index in [2.05, 4.69) is 15.0 Å². The fraction of sp³-hybridized carbons (Fsp3) is 0.360. The van der Waals surface area contributed by atoms with Crippen molar-refractivity contribution in [3.8, 4) is 23.1 Å². The minimum absolute atomic E-state index is 0.000614. The van der Waals surface area contributed by atoms with Gasteiger partial charge in [0.2, 0.25) is 5.88 Å². The summed E-state index contributed by atoms with van der Waals surface area (Å²) >= 11 is 0. The number of H-pyrrole nitrogens is 1. The van der Waals surface area contributed by atoms with Crippen LogP contribution in [0.5, 0.6) is 23.1 Å². The van der Waals surface area contributed by atoms with Crippen LogP contribution in [-0.2, 0) is 0 Å². The highest BCUT2D eigenvalue weighted by Gasteiger charge is 2.17. The summed E-state index contributed by atoms with van der Waals surface area (Å²) in [6, 6.07) is 7.93. The lowest BCUT2D eigenvalue weighted by molar-refractivity contribution is 0.254. The predicted molar refractivity (Wildman–Crippen MR) is 125 cm³/mol. The average molecular weight is 457 g/mol. The van der Waals surface area contributed by atoms with E-state index in [9.17, 15) is 0 Å². The van der Waals surface area contributed by atoms with Crippen molar-refractivity contribution in [1.29, 1.82) is 0 Å². The van der Waals surface area contributed by atoms with Crippen LogP contribution in [0, 0.1) is 12.7 Å². The summed E-state index contributed by atoms with van der Waals surface area (Å²) in [5, 5.41) is 0.752. The van der Waals surface area contributed by atoms with E-state index in [1.165, 1.54) is 18.5 Å². The van der Waals surface area contributed by atoms with Gasteiger partial charge in [-0.2, -0.15) is 0 Å². The zero-order chi connectivity index (χ0) is 27.9. The number of likely N-dealkylation sites (tertiary alicyclic amines) is 1. The van der Waals surface area contributed by atoms with Crippen molar-refractivity contribution in [2.45, 2.75) is 26.1 Å². The number of nitrogens with zero attached hydrogens (tertiary/aromatic N) is 3. The van der Waals surface area contributed by atoms with Crippen LogP contribution in [0.3, 0.4) is 0 Å². The largest absolute Gasteiger partial charge is 0.493 e. The van der Waals surface area contributed by atoms with Crippen molar-refractivity contribution in [2.75, 3.05) is 33.3 Å². The van der Waals surface area contributed by atoms with Crippen LogP contribution in [-0.4, -0.2) is 53.2 Å². The molecule has 172 valence electrons. The second kappa shape index (κ2) is 9.23. The Morgan fingerprint density at radius 1 is 1.12 bits per heavy atom. The lowest BCUT2D eigenvalue weighted by Crippen LogP contribution is -2.21. The standard InChI is InChI=1S/C25H27FN4O3/c1-16-12-17-19(29-16)6-7-21(24(17)26)33-25-18-13-22(31-2)23(14-20(18)27-15-28-25)32-11-5-10-30-8-3-4-9-30/h6-7,12-15,29H,3-5,8-11H2,1-2H3/i2D2,3D2,4D2. The topological polar surface area (TPSA) is 72.5 Å². The van der Waals surface area contributed by atoms with E-state index >= 15 is 4.39 Å². The van der Waals surface area contributed by atoms with E-state index in [0.717, 1.165) is 5.69 Å². The first kappa shape index (κ1) is 15.4. The molecule has 0 saturated carbocycles. The zero-order valence-corrected chi connectivity index (χ0v) is 18.0. The summed E-state index contributed by atoms with van der Waals surface area (Å²) in [6.07, 6.45) is -2.09. The Morgan fingerprint density at radius 2 is 2.00 bits per heavy atom. The van der Waals surface area contributed by atoms with Gasteiger partial charge in [-0.15, -0.1) is 0 Å². The van der Waals surface area contributed by atoms with E-state index in [0.29, 0.717) is 34.8 Å². The Hall–Kier alpha value is -3.39. The molecule has 2 aromatic heterocycles. The molecule has 5 rings (SSSR count). The van der Waals surface area contributed by atoms with Gasteiger partial charge in [0.1, 0.15) is 6.33 Å². The minimum Gasteiger partial charge on any atom is -0.493 e. The van der Waals surface area contributed by atoms with Gasteiger partial charge in [0, 0.05) is 34.7 Å². The van der Waals surface area contributed by atoms with Crippen LogP contribution in [0.4, 0.5) is 4.39 Å². The Kier molecular flexibility index (Phi) is 4.32. The number of hydrogen-bond acceptors (Lipinski definition) is 6. The van der Waals surface area contributed by atoms with Crippen LogP contribution >= 0.6 is 0 Å². The van der Waals surface area contributed by atoms with Crippen molar-refractivity contribution in [1.82, 2.24) is 19.9 Å². The second-order valence-electron chi connectivity index (χ2n) is 7.77. The molecule has 0 atom stereocenters. The summed E-state index contributed by atoms with van der Waals surface area (Å²) in [7, 11) is -1.65. The lowest BCUT2D eigenvalue weighted by Gasteiger charge is -2.16. The molecule has 0 unspecified atom stereocenters. The van der Waals surface area contributed by atoms with Gasteiger partial charge in [-0.3, -0.25) is 0 Å². The molecule has 3 heterocycles. The summed E-state index contributed by atoms with van der Waals surface area (Å²) in [6.45, 7) is 2.46. The monoisotopic (exact) mass is 456 g/mol. The van der Waals surface area contributed by atoms with Crippen molar-refractivity contribution >= 4 is 21.8 Å².